The molecule has 1 aliphatic carbocycles. The zero-order chi connectivity index (χ0) is 25.8. The molecule has 0 radical (unpaired) electrons. The van der Waals surface area contributed by atoms with Gasteiger partial charge in [0.15, 0.2) is 4.80 Å². The van der Waals surface area contributed by atoms with Gasteiger partial charge in [0, 0.05) is 11.6 Å². The molecule has 10 heteroatoms. The number of rotatable bonds is 3. The lowest BCUT2D eigenvalue weighted by atomic mass is 9.83. The minimum Gasteiger partial charge on any atom is -0.501 e. The predicted octanol–water partition coefficient (Wildman–Crippen LogP) is 4.68. The van der Waals surface area contributed by atoms with Gasteiger partial charge in [-0.3, -0.25) is 19.5 Å². The topological polar surface area (TPSA) is 97.7 Å². The molecular weight excluding hydrogens is 608 g/mol. The number of nitrogens with zero attached hydrogens (tertiary/aromatic N) is 3. The van der Waals surface area contributed by atoms with Crippen molar-refractivity contribution in [1.29, 1.82) is 0 Å². The van der Waals surface area contributed by atoms with Crippen LogP contribution in [0.4, 0.5) is 10.1 Å². The molecule has 1 aliphatic heterocycles. The molecule has 3 aromatic carbocycles. The predicted molar refractivity (Wildman–Crippen MR) is 147 cm³/mol. The Morgan fingerprint density at radius 3 is 2.68 bits per heavy atom. The Morgan fingerprint density at radius 2 is 1.92 bits per heavy atom. The van der Waals surface area contributed by atoms with E-state index in [0.717, 1.165) is 28.8 Å². The van der Waals surface area contributed by atoms with E-state index >= 15 is 0 Å². The van der Waals surface area contributed by atoms with E-state index in [1.54, 1.807) is 28.8 Å². The minimum absolute atomic E-state index is 0.283. The molecule has 1 N–H and O–H groups in total. The molecule has 1 atom stereocenters. The SMILES string of the molecule is O=c1/c(=C\c2cc(I)c(O)c([N+](=O)[O-])c2)sc2n1[C@@H](c1ccc(F)cc1)C1=C(N=2)c2ccccc2CC1. The molecule has 6 rings (SSSR count). The van der Waals surface area contributed by atoms with Crippen molar-refractivity contribution in [1.82, 2.24) is 4.57 Å². The molecule has 0 amide bonds. The number of hydrogen-bond acceptors (Lipinski definition) is 6. The van der Waals surface area contributed by atoms with Crippen molar-refractivity contribution in [2.45, 2.75) is 18.9 Å². The van der Waals surface area contributed by atoms with Crippen LogP contribution in [0.5, 0.6) is 5.75 Å². The molecule has 0 spiro atoms. The zero-order valence-electron chi connectivity index (χ0n) is 19.0. The number of nitro benzene ring substituents is 1. The van der Waals surface area contributed by atoms with Gasteiger partial charge in [0.05, 0.1) is 24.8 Å². The molecule has 0 fully saturated rings. The van der Waals surface area contributed by atoms with Crippen LogP contribution >= 0.6 is 33.9 Å². The summed E-state index contributed by atoms with van der Waals surface area (Å²) in [6.07, 6.45) is 3.10. The highest BCUT2D eigenvalue weighted by atomic mass is 127. The molecule has 0 unspecified atom stereocenters. The molecule has 4 aromatic rings. The number of nitro groups is 1. The number of allylic oxidation sites excluding steroid dienone is 1. The average molecular weight is 625 g/mol. The molecule has 0 saturated heterocycles. The van der Waals surface area contributed by atoms with E-state index in [1.165, 1.54) is 35.1 Å². The van der Waals surface area contributed by atoms with Crippen LogP contribution in [0.25, 0.3) is 11.8 Å². The summed E-state index contributed by atoms with van der Waals surface area (Å²) >= 11 is 3.02. The first-order chi connectivity index (χ1) is 17.8. The van der Waals surface area contributed by atoms with Crippen LogP contribution in [0.1, 0.15) is 34.7 Å². The van der Waals surface area contributed by atoms with Crippen LogP contribution in [0.2, 0.25) is 0 Å². The van der Waals surface area contributed by atoms with Crippen molar-refractivity contribution in [3.63, 3.8) is 0 Å². The summed E-state index contributed by atoms with van der Waals surface area (Å²) in [5.74, 6) is -0.769. The van der Waals surface area contributed by atoms with E-state index in [4.69, 9.17) is 4.99 Å². The highest BCUT2D eigenvalue weighted by molar-refractivity contribution is 14.1. The third-order valence-corrected chi connectivity index (χ3v) is 8.42. The summed E-state index contributed by atoms with van der Waals surface area (Å²) < 4.78 is 16.1. The number of thiazole rings is 1. The summed E-state index contributed by atoms with van der Waals surface area (Å²) in [5.41, 5.74) is 4.54. The number of halogens is 2. The normalized spacial score (nSPS) is 16.6. The number of aromatic hydroxyl groups is 1. The second-order valence-corrected chi connectivity index (χ2v) is 11.0. The maximum atomic E-state index is 13.8. The van der Waals surface area contributed by atoms with Gasteiger partial charge in [0.2, 0.25) is 5.75 Å². The fraction of sp³-hybridized carbons (Fsp3) is 0.111. The molecule has 184 valence electrons. The molecule has 0 saturated carbocycles. The third kappa shape index (κ3) is 4.00. The van der Waals surface area contributed by atoms with Gasteiger partial charge in [-0.2, -0.15) is 0 Å². The largest absolute Gasteiger partial charge is 0.501 e. The van der Waals surface area contributed by atoms with Crippen LogP contribution < -0.4 is 14.9 Å². The summed E-state index contributed by atoms with van der Waals surface area (Å²) in [6, 6.07) is 16.6. The summed E-state index contributed by atoms with van der Waals surface area (Å²) in [4.78, 5) is 29.9. The number of phenols is 1. The van der Waals surface area contributed by atoms with Gasteiger partial charge in [-0.15, -0.1) is 0 Å². The lowest BCUT2D eigenvalue weighted by molar-refractivity contribution is -0.386. The lowest BCUT2D eigenvalue weighted by Crippen LogP contribution is -2.38. The maximum absolute atomic E-state index is 13.8. The highest BCUT2D eigenvalue weighted by Gasteiger charge is 2.32. The molecular formula is C27H17FIN3O4S. The van der Waals surface area contributed by atoms with Crippen LogP contribution in [0, 0.1) is 19.5 Å². The second kappa shape index (κ2) is 9.03. The number of phenolic OH excluding ortho intramolecular Hbond substituents is 1. The summed E-state index contributed by atoms with van der Waals surface area (Å²) in [5, 5.41) is 21.4. The molecule has 1 aromatic heterocycles. The summed E-state index contributed by atoms with van der Waals surface area (Å²) in [7, 11) is 0. The first-order valence-corrected chi connectivity index (χ1v) is 13.3. The molecule has 0 bridgehead atoms. The van der Waals surface area contributed by atoms with Gasteiger partial charge in [-0.05, 0) is 82.0 Å². The standard InChI is InChI=1S/C27H17FIN3O4S/c28-17-8-5-16(6-9-17)24-19-10-7-15-3-1-2-4-18(15)23(19)30-27-31(24)26(34)22(37-27)13-14-11-20(29)25(33)21(12-14)32(35)36/h1-6,8-9,11-13,24,33H,7,10H2/b22-13+/t24-/m0/s1. The van der Waals surface area contributed by atoms with Crippen molar-refractivity contribution in [3.05, 3.63) is 128 Å². The smallest absolute Gasteiger partial charge is 0.312 e. The average Bonchev–Trinajstić information content (AvgIpc) is 3.19. The Morgan fingerprint density at radius 1 is 1.16 bits per heavy atom. The molecule has 2 heterocycles. The van der Waals surface area contributed by atoms with Gasteiger partial charge in [0.1, 0.15) is 5.82 Å². The monoisotopic (exact) mass is 625 g/mol. The quantitative estimate of drug-likeness (QED) is 0.203. The molecule has 7 nitrogen and oxygen atoms in total. The first kappa shape index (κ1) is 23.7. The highest BCUT2D eigenvalue weighted by Crippen LogP contribution is 2.41. The van der Waals surface area contributed by atoms with Crippen LogP contribution in [0.15, 0.2) is 76.0 Å². The van der Waals surface area contributed by atoms with Crippen molar-refractivity contribution in [2.24, 2.45) is 4.99 Å². The maximum Gasteiger partial charge on any atom is 0.312 e. The minimum atomic E-state index is -0.656. The Hall–Kier alpha value is -3.64. The van der Waals surface area contributed by atoms with E-state index in [0.29, 0.717) is 24.9 Å². The Kier molecular flexibility index (Phi) is 5.80. The zero-order valence-corrected chi connectivity index (χ0v) is 22.0. The fourth-order valence-electron chi connectivity index (χ4n) is 4.95. The van der Waals surface area contributed by atoms with Gasteiger partial charge in [0.25, 0.3) is 5.56 Å². The van der Waals surface area contributed by atoms with Gasteiger partial charge >= 0.3 is 5.69 Å². The van der Waals surface area contributed by atoms with Crippen molar-refractivity contribution in [2.75, 3.05) is 0 Å². The van der Waals surface area contributed by atoms with Gasteiger partial charge in [-0.1, -0.05) is 47.7 Å². The number of aryl methyl sites for hydroxylation is 1. The van der Waals surface area contributed by atoms with Crippen LogP contribution in [-0.4, -0.2) is 14.6 Å². The molecule has 37 heavy (non-hydrogen) atoms. The molecule has 2 aliphatic rings. The third-order valence-electron chi connectivity index (χ3n) is 6.62. The fourth-order valence-corrected chi connectivity index (χ4v) is 6.58. The van der Waals surface area contributed by atoms with Gasteiger partial charge < -0.3 is 5.11 Å². The van der Waals surface area contributed by atoms with Gasteiger partial charge in [-0.25, -0.2) is 9.38 Å². The first-order valence-electron chi connectivity index (χ1n) is 11.4. The number of hydrogen-bond donors (Lipinski definition) is 1. The van der Waals surface area contributed by atoms with E-state index in [2.05, 4.69) is 6.07 Å². The van der Waals surface area contributed by atoms with Crippen LogP contribution in [0.3, 0.4) is 0 Å². The van der Waals surface area contributed by atoms with Crippen LogP contribution in [-0.2, 0) is 6.42 Å². The van der Waals surface area contributed by atoms with Crippen molar-refractivity contribution in [3.8, 4) is 5.75 Å². The Balaban J connectivity index is 1.61. The number of benzene rings is 3. The lowest BCUT2D eigenvalue weighted by Gasteiger charge is -2.30. The summed E-state index contributed by atoms with van der Waals surface area (Å²) in [6.45, 7) is 0. The van der Waals surface area contributed by atoms with Crippen molar-refractivity contribution < 1.29 is 14.4 Å². The Bertz CT molecular complexity index is 1830. The second-order valence-electron chi connectivity index (χ2n) is 8.79. The number of fused-ring (bicyclic) bond motifs is 3. The van der Waals surface area contributed by atoms with E-state index in [-0.39, 0.29) is 11.4 Å². The number of aromatic nitrogens is 1. The Labute approximate surface area is 226 Å². The van der Waals surface area contributed by atoms with E-state index in [9.17, 15) is 24.4 Å². The van der Waals surface area contributed by atoms with Crippen molar-refractivity contribution >= 4 is 51.4 Å². The van der Waals surface area contributed by atoms with E-state index in [1.807, 2.05) is 40.8 Å². The van der Waals surface area contributed by atoms with E-state index < -0.39 is 22.4 Å².